The van der Waals surface area contributed by atoms with Gasteiger partial charge in [0.25, 0.3) is 0 Å². The van der Waals surface area contributed by atoms with E-state index in [0.717, 1.165) is 0 Å². The molecular weight excluding hydrogens is 204 g/mol. The van der Waals surface area contributed by atoms with Gasteiger partial charge in [0.2, 0.25) is 0 Å². The van der Waals surface area contributed by atoms with Gasteiger partial charge < -0.3 is 19.7 Å². The number of rotatable bonds is 5. The van der Waals surface area contributed by atoms with Crippen LogP contribution in [0, 0.1) is 0 Å². The second-order valence-electron chi connectivity index (χ2n) is 4.73. The molecule has 1 N–H and O–H groups in total. The molecule has 1 saturated heterocycles. The van der Waals surface area contributed by atoms with Crippen LogP contribution in [0.5, 0.6) is 0 Å². The van der Waals surface area contributed by atoms with E-state index in [9.17, 15) is 0 Å². The summed E-state index contributed by atoms with van der Waals surface area (Å²) in [7, 11) is 5.57. The van der Waals surface area contributed by atoms with Gasteiger partial charge >= 0.3 is 0 Å². The third-order valence-corrected chi connectivity index (χ3v) is 3.32. The van der Waals surface area contributed by atoms with Gasteiger partial charge in [-0.3, -0.25) is 0 Å². The molecule has 1 fully saturated rings. The Kier molecular flexibility index (Phi) is 6.28. The highest BCUT2D eigenvalue weighted by Crippen LogP contribution is 2.11. The summed E-state index contributed by atoms with van der Waals surface area (Å²) in [6, 6.07) is 0.830. The monoisotopic (exact) mass is 230 g/mol. The molecule has 0 spiro atoms. The van der Waals surface area contributed by atoms with Crippen molar-refractivity contribution >= 4 is 0 Å². The lowest BCUT2D eigenvalue weighted by Crippen LogP contribution is -2.45. The SMILES string of the molecule is COC(OC)C(C)NC1CCCN(C)CC1. The van der Waals surface area contributed by atoms with E-state index in [-0.39, 0.29) is 12.3 Å². The lowest BCUT2D eigenvalue weighted by atomic mass is 10.1. The highest BCUT2D eigenvalue weighted by atomic mass is 16.7. The number of likely N-dealkylation sites (tertiary alicyclic amines) is 1. The average Bonchev–Trinajstić information content (AvgIpc) is 2.46. The Labute approximate surface area is 99.3 Å². The van der Waals surface area contributed by atoms with Crippen molar-refractivity contribution in [2.24, 2.45) is 0 Å². The minimum Gasteiger partial charge on any atom is -0.354 e. The van der Waals surface area contributed by atoms with Crippen LogP contribution in [0.25, 0.3) is 0 Å². The summed E-state index contributed by atoms with van der Waals surface area (Å²) in [5.41, 5.74) is 0. The molecule has 0 radical (unpaired) electrons. The van der Waals surface area contributed by atoms with Crippen LogP contribution in [0.3, 0.4) is 0 Å². The predicted molar refractivity (Wildman–Crippen MR) is 65.5 cm³/mol. The van der Waals surface area contributed by atoms with Crippen molar-refractivity contribution in [2.75, 3.05) is 34.4 Å². The van der Waals surface area contributed by atoms with Crippen molar-refractivity contribution in [1.29, 1.82) is 0 Å². The Morgan fingerprint density at radius 3 is 2.50 bits per heavy atom. The Morgan fingerprint density at radius 2 is 1.88 bits per heavy atom. The van der Waals surface area contributed by atoms with E-state index in [1.54, 1.807) is 14.2 Å². The van der Waals surface area contributed by atoms with Gasteiger partial charge in [0.15, 0.2) is 6.29 Å². The van der Waals surface area contributed by atoms with Gasteiger partial charge in [-0.15, -0.1) is 0 Å². The maximum absolute atomic E-state index is 5.26. The van der Waals surface area contributed by atoms with E-state index in [2.05, 4.69) is 24.2 Å². The van der Waals surface area contributed by atoms with Gasteiger partial charge in [-0.1, -0.05) is 0 Å². The zero-order valence-corrected chi connectivity index (χ0v) is 11.0. The van der Waals surface area contributed by atoms with E-state index in [0.29, 0.717) is 6.04 Å². The molecule has 0 aromatic rings. The van der Waals surface area contributed by atoms with E-state index in [1.165, 1.54) is 32.4 Å². The Balaban J connectivity index is 2.34. The molecule has 2 unspecified atom stereocenters. The number of methoxy groups -OCH3 is 2. The molecule has 0 aromatic heterocycles. The Bertz CT molecular complexity index is 186. The molecule has 16 heavy (non-hydrogen) atoms. The molecule has 4 nitrogen and oxygen atoms in total. The van der Waals surface area contributed by atoms with Gasteiger partial charge in [0.05, 0.1) is 6.04 Å². The van der Waals surface area contributed by atoms with Crippen LogP contribution in [0.1, 0.15) is 26.2 Å². The summed E-state index contributed by atoms with van der Waals surface area (Å²) >= 11 is 0. The minimum atomic E-state index is -0.152. The summed E-state index contributed by atoms with van der Waals surface area (Å²) in [6.45, 7) is 4.51. The van der Waals surface area contributed by atoms with Crippen molar-refractivity contribution in [3.63, 3.8) is 0 Å². The molecule has 1 aliphatic rings. The molecule has 0 aromatic carbocycles. The zero-order valence-electron chi connectivity index (χ0n) is 11.0. The molecule has 0 bridgehead atoms. The van der Waals surface area contributed by atoms with Crippen molar-refractivity contribution in [1.82, 2.24) is 10.2 Å². The lowest BCUT2D eigenvalue weighted by molar-refractivity contribution is -0.121. The average molecular weight is 230 g/mol. The second kappa shape index (κ2) is 7.22. The van der Waals surface area contributed by atoms with Gasteiger partial charge in [-0.25, -0.2) is 0 Å². The fraction of sp³-hybridized carbons (Fsp3) is 1.00. The molecule has 0 saturated carbocycles. The molecule has 4 heteroatoms. The van der Waals surface area contributed by atoms with E-state index in [1.807, 2.05) is 0 Å². The first-order chi connectivity index (χ1) is 7.67. The van der Waals surface area contributed by atoms with Crippen LogP contribution in [0.15, 0.2) is 0 Å². The molecule has 1 aliphatic heterocycles. The van der Waals surface area contributed by atoms with Gasteiger partial charge in [-0.2, -0.15) is 0 Å². The third kappa shape index (κ3) is 4.37. The molecule has 0 amide bonds. The van der Waals surface area contributed by atoms with Crippen LogP contribution in [-0.2, 0) is 9.47 Å². The lowest BCUT2D eigenvalue weighted by Gasteiger charge is -2.27. The van der Waals surface area contributed by atoms with Crippen LogP contribution in [0.2, 0.25) is 0 Å². The molecule has 2 atom stereocenters. The summed E-state index contributed by atoms with van der Waals surface area (Å²) in [6.07, 6.45) is 3.57. The first-order valence-corrected chi connectivity index (χ1v) is 6.17. The fourth-order valence-corrected chi connectivity index (χ4v) is 2.36. The quantitative estimate of drug-likeness (QED) is 0.716. The van der Waals surface area contributed by atoms with Crippen LogP contribution >= 0.6 is 0 Å². The third-order valence-electron chi connectivity index (χ3n) is 3.32. The van der Waals surface area contributed by atoms with Gasteiger partial charge in [0, 0.05) is 20.3 Å². The fourth-order valence-electron chi connectivity index (χ4n) is 2.36. The van der Waals surface area contributed by atoms with E-state index >= 15 is 0 Å². The summed E-state index contributed by atoms with van der Waals surface area (Å²) < 4.78 is 10.5. The molecular formula is C12H26N2O2. The second-order valence-corrected chi connectivity index (χ2v) is 4.73. The maximum atomic E-state index is 5.26. The number of nitrogens with one attached hydrogen (secondary N) is 1. The Hall–Kier alpha value is -0.160. The topological polar surface area (TPSA) is 33.7 Å². The van der Waals surface area contributed by atoms with Crippen molar-refractivity contribution in [2.45, 2.75) is 44.6 Å². The summed E-state index contributed by atoms with van der Waals surface area (Å²) in [5.74, 6) is 0. The highest BCUT2D eigenvalue weighted by Gasteiger charge is 2.21. The molecule has 1 rings (SSSR count). The van der Waals surface area contributed by atoms with E-state index in [4.69, 9.17) is 9.47 Å². The van der Waals surface area contributed by atoms with Crippen molar-refractivity contribution in [3.8, 4) is 0 Å². The largest absolute Gasteiger partial charge is 0.354 e. The van der Waals surface area contributed by atoms with Crippen LogP contribution in [0.4, 0.5) is 0 Å². The van der Waals surface area contributed by atoms with Crippen molar-refractivity contribution < 1.29 is 9.47 Å². The summed E-state index contributed by atoms with van der Waals surface area (Å²) in [4.78, 5) is 2.40. The van der Waals surface area contributed by atoms with E-state index < -0.39 is 0 Å². The molecule has 96 valence electrons. The van der Waals surface area contributed by atoms with Gasteiger partial charge in [0.1, 0.15) is 0 Å². The standard InChI is InChI=1S/C12H26N2O2/c1-10(12(15-3)16-4)13-11-6-5-8-14(2)9-7-11/h10-13H,5-9H2,1-4H3. The first-order valence-electron chi connectivity index (χ1n) is 6.17. The smallest absolute Gasteiger partial charge is 0.171 e. The number of hydrogen-bond acceptors (Lipinski definition) is 4. The van der Waals surface area contributed by atoms with Crippen LogP contribution in [-0.4, -0.2) is 57.6 Å². The minimum absolute atomic E-state index is 0.152. The summed E-state index contributed by atoms with van der Waals surface area (Å²) in [5, 5.41) is 3.60. The normalized spacial score (nSPS) is 25.7. The number of hydrogen-bond donors (Lipinski definition) is 1. The number of ether oxygens (including phenoxy) is 2. The predicted octanol–water partition coefficient (Wildman–Crippen LogP) is 1.07. The van der Waals surface area contributed by atoms with Gasteiger partial charge in [-0.05, 0) is 46.3 Å². The first kappa shape index (κ1) is 13.9. The molecule has 0 aliphatic carbocycles. The van der Waals surface area contributed by atoms with Crippen LogP contribution < -0.4 is 5.32 Å². The van der Waals surface area contributed by atoms with Crippen molar-refractivity contribution in [3.05, 3.63) is 0 Å². The Morgan fingerprint density at radius 1 is 1.19 bits per heavy atom. The highest BCUT2D eigenvalue weighted by molar-refractivity contribution is 4.77. The zero-order chi connectivity index (χ0) is 12.0. The molecule has 1 heterocycles. The number of nitrogens with zero attached hydrogens (tertiary/aromatic N) is 1. The maximum Gasteiger partial charge on any atom is 0.171 e.